The third-order valence-corrected chi connectivity index (χ3v) is 7.11. The summed E-state index contributed by atoms with van der Waals surface area (Å²) in [5, 5.41) is 21.5. The molecule has 1 saturated carbocycles. The van der Waals surface area contributed by atoms with E-state index in [9.17, 15) is 10.2 Å². The van der Waals surface area contributed by atoms with E-state index in [-0.39, 0.29) is 5.41 Å². The monoisotopic (exact) mass is 344 g/mol. The van der Waals surface area contributed by atoms with Crippen molar-refractivity contribution in [3.8, 4) is 0 Å². The number of aryl methyl sites for hydroxylation is 1. The molecule has 1 fully saturated rings. The van der Waals surface area contributed by atoms with Crippen LogP contribution in [0.15, 0.2) is 12.1 Å². The van der Waals surface area contributed by atoms with Crippen molar-refractivity contribution in [3.63, 3.8) is 0 Å². The summed E-state index contributed by atoms with van der Waals surface area (Å²) in [4.78, 5) is 0. The van der Waals surface area contributed by atoms with Crippen molar-refractivity contribution in [3.05, 3.63) is 34.4 Å². The Kier molecular flexibility index (Phi) is 4.21. The van der Waals surface area contributed by atoms with Crippen LogP contribution in [0.3, 0.4) is 0 Å². The van der Waals surface area contributed by atoms with Crippen molar-refractivity contribution in [1.29, 1.82) is 0 Å². The van der Waals surface area contributed by atoms with E-state index >= 15 is 0 Å². The van der Waals surface area contributed by atoms with Gasteiger partial charge in [0, 0.05) is 0 Å². The predicted octanol–water partition coefficient (Wildman–Crippen LogP) is 5.17. The second-order valence-corrected chi connectivity index (χ2v) is 10.5. The SMILES string of the molecule is CC(C)(O)c1cc2c(cc1C(C)(C)O)[C@@]1(C)CCCC(C)(C)[C@@H]1CC2. The molecule has 3 rings (SSSR count). The van der Waals surface area contributed by atoms with Crippen LogP contribution in [0.25, 0.3) is 0 Å². The number of aliphatic hydroxyl groups is 2. The number of fused-ring (bicyclic) bond motifs is 3. The van der Waals surface area contributed by atoms with E-state index in [1.807, 2.05) is 27.7 Å². The number of benzene rings is 1. The molecule has 2 heteroatoms. The minimum Gasteiger partial charge on any atom is -0.386 e. The van der Waals surface area contributed by atoms with E-state index < -0.39 is 11.2 Å². The average molecular weight is 345 g/mol. The predicted molar refractivity (Wildman–Crippen MR) is 104 cm³/mol. The molecule has 0 unspecified atom stereocenters. The van der Waals surface area contributed by atoms with Crippen LogP contribution < -0.4 is 0 Å². The fourth-order valence-corrected chi connectivity index (χ4v) is 5.85. The Morgan fingerprint density at radius 1 is 0.920 bits per heavy atom. The molecule has 140 valence electrons. The minimum absolute atomic E-state index is 0.174. The zero-order valence-electron chi connectivity index (χ0n) is 17.2. The molecule has 0 saturated heterocycles. The maximum Gasteiger partial charge on any atom is 0.0844 e. The molecule has 0 aromatic heterocycles. The zero-order chi connectivity index (χ0) is 18.8. The zero-order valence-corrected chi connectivity index (χ0v) is 17.2. The Morgan fingerprint density at radius 2 is 1.48 bits per heavy atom. The highest BCUT2D eigenvalue weighted by molar-refractivity contribution is 5.48. The van der Waals surface area contributed by atoms with Crippen LogP contribution in [0, 0.1) is 11.3 Å². The van der Waals surface area contributed by atoms with Gasteiger partial charge < -0.3 is 10.2 Å². The van der Waals surface area contributed by atoms with Gasteiger partial charge >= 0.3 is 0 Å². The first-order valence-corrected chi connectivity index (χ1v) is 9.90. The number of hydrogen-bond donors (Lipinski definition) is 2. The van der Waals surface area contributed by atoms with E-state index in [2.05, 4.69) is 32.9 Å². The Bertz CT molecular complexity index is 673. The lowest BCUT2D eigenvalue weighted by molar-refractivity contribution is 0.0373. The Morgan fingerprint density at radius 3 is 2.04 bits per heavy atom. The summed E-state index contributed by atoms with van der Waals surface area (Å²) >= 11 is 0. The normalized spacial score (nSPS) is 29.1. The van der Waals surface area contributed by atoms with E-state index in [4.69, 9.17) is 0 Å². The van der Waals surface area contributed by atoms with Gasteiger partial charge in [-0.05, 0) is 92.4 Å². The van der Waals surface area contributed by atoms with Crippen molar-refractivity contribution >= 4 is 0 Å². The maximum absolute atomic E-state index is 10.8. The number of rotatable bonds is 2. The molecule has 2 aliphatic rings. The molecular formula is C23H36O2. The molecular weight excluding hydrogens is 308 g/mol. The van der Waals surface area contributed by atoms with Crippen LogP contribution in [-0.2, 0) is 23.0 Å². The minimum atomic E-state index is -0.960. The molecule has 1 aromatic carbocycles. The lowest BCUT2D eigenvalue weighted by atomic mass is 9.50. The van der Waals surface area contributed by atoms with Gasteiger partial charge in [0.1, 0.15) is 0 Å². The van der Waals surface area contributed by atoms with Gasteiger partial charge in [-0.3, -0.25) is 0 Å². The highest BCUT2D eigenvalue weighted by atomic mass is 16.3. The second-order valence-electron chi connectivity index (χ2n) is 10.5. The van der Waals surface area contributed by atoms with Gasteiger partial charge in [0.05, 0.1) is 11.2 Å². The summed E-state index contributed by atoms with van der Waals surface area (Å²) in [7, 11) is 0. The van der Waals surface area contributed by atoms with Crippen LogP contribution in [0.1, 0.15) is 96.4 Å². The lowest BCUT2D eigenvalue weighted by Gasteiger charge is -2.55. The summed E-state index contributed by atoms with van der Waals surface area (Å²) in [6.07, 6.45) is 6.10. The first kappa shape index (κ1) is 18.9. The maximum atomic E-state index is 10.8. The quantitative estimate of drug-likeness (QED) is 0.777. The fourth-order valence-electron chi connectivity index (χ4n) is 5.85. The Hall–Kier alpha value is -0.860. The van der Waals surface area contributed by atoms with Crippen LogP contribution in [0.2, 0.25) is 0 Å². The standard InChI is InChI=1S/C23H36O2/c1-20(2)11-8-12-23(7)16-14-18(22(5,6)25)17(21(3,4)24)13-15(16)9-10-19(20)23/h13-14,19,24-25H,8-12H2,1-7H3/t19-,23+/m0/s1. The average Bonchev–Trinajstić information content (AvgIpc) is 2.43. The van der Waals surface area contributed by atoms with Gasteiger partial charge in [-0.25, -0.2) is 0 Å². The van der Waals surface area contributed by atoms with Gasteiger partial charge in [0.25, 0.3) is 0 Å². The van der Waals surface area contributed by atoms with Gasteiger partial charge in [0.15, 0.2) is 0 Å². The van der Waals surface area contributed by atoms with Gasteiger partial charge in [-0.2, -0.15) is 0 Å². The molecule has 0 heterocycles. The molecule has 0 radical (unpaired) electrons. The smallest absolute Gasteiger partial charge is 0.0844 e. The molecule has 2 atom stereocenters. The van der Waals surface area contributed by atoms with Crippen molar-refractivity contribution in [2.75, 3.05) is 0 Å². The highest BCUT2D eigenvalue weighted by Crippen LogP contribution is 2.57. The molecule has 1 aromatic rings. The van der Waals surface area contributed by atoms with Crippen LogP contribution >= 0.6 is 0 Å². The van der Waals surface area contributed by atoms with Crippen molar-refractivity contribution < 1.29 is 10.2 Å². The van der Waals surface area contributed by atoms with E-state index in [0.29, 0.717) is 11.3 Å². The van der Waals surface area contributed by atoms with Crippen LogP contribution in [0.4, 0.5) is 0 Å². The Balaban J connectivity index is 2.23. The van der Waals surface area contributed by atoms with E-state index in [1.165, 1.54) is 36.8 Å². The summed E-state index contributed by atoms with van der Waals surface area (Å²) in [5.74, 6) is 0.684. The lowest BCUT2D eigenvalue weighted by Crippen LogP contribution is -2.48. The summed E-state index contributed by atoms with van der Waals surface area (Å²) in [6.45, 7) is 14.6. The summed E-state index contributed by atoms with van der Waals surface area (Å²) < 4.78 is 0. The van der Waals surface area contributed by atoms with Crippen LogP contribution in [-0.4, -0.2) is 10.2 Å². The van der Waals surface area contributed by atoms with Gasteiger partial charge in [-0.15, -0.1) is 0 Å². The first-order valence-electron chi connectivity index (χ1n) is 9.90. The first-order chi connectivity index (χ1) is 11.3. The highest BCUT2D eigenvalue weighted by Gasteiger charge is 2.50. The van der Waals surface area contributed by atoms with Crippen molar-refractivity contribution in [2.24, 2.45) is 11.3 Å². The molecule has 2 aliphatic carbocycles. The van der Waals surface area contributed by atoms with Crippen LogP contribution in [0.5, 0.6) is 0 Å². The number of hydrogen-bond acceptors (Lipinski definition) is 2. The third-order valence-electron chi connectivity index (χ3n) is 7.11. The van der Waals surface area contributed by atoms with E-state index in [0.717, 1.165) is 17.5 Å². The molecule has 0 spiro atoms. The van der Waals surface area contributed by atoms with E-state index in [1.54, 1.807) is 0 Å². The molecule has 0 bridgehead atoms. The van der Waals surface area contributed by atoms with Crippen molar-refractivity contribution in [2.45, 2.75) is 97.2 Å². The second kappa shape index (κ2) is 5.57. The molecule has 0 amide bonds. The largest absolute Gasteiger partial charge is 0.386 e. The third kappa shape index (κ3) is 3.06. The summed E-state index contributed by atoms with van der Waals surface area (Å²) in [6, 6.07) is 4.42. The Labute approximate surface area is 153 Å². The summed E-state index contributed by atoms with van der Waals surface area (Å²) in [5.41, 5.74) is 3.18. The molecule has 25 heavy (non-hydrogen) atoms. The fraction of sp³-hybridized carbons (Fsp3) is 0.739. The molecule has 2 nitrogen and oxygen atoms in total. The molecule has 2 N–H and O–H groups in total. The topological polar surface area (TPSA) is 40.5 Å². The van der Waals surface area contributed by atoms with Gasteiger partial charge in [-0.1, -0.05) is 39.3 Å². The molecule has 0 aliphatic heterocycles. The van der Waals surface area contributed by atoms with Gasteiger partial charge in [0.2, 0.25) is 0 Å². The van der Waals surface area contributed by atoms with Crippen molar-refractivity contribution in [1.82, 2.24) is 0 Å².